The largest absolute Gasteiger partial charge is 0.316 e. The highest BCUT2D eigenvalue weighted by atomic mass is 32.2. The van der Waals surface area contributed by atoms with Crippen LogP contribution in [-0.4, -0.2) is 43.1 Å². The van der Waals surface area contributed by atoms with Gasteiger partial charge in [-0.1, -0.05) is 13.0 Å². The molecular formula is C11H20N4O2S. The van der Waals surface area contributed by atoms with Gasteiger partial charge in [0.1, 0.15) is 0 Å². The predicted octanol–water partition coefficient (Wildman–Crippen LogP) is 0.716. The Kier molecular flexibility index (Phi) is 5.52. The lowest BCUT2D eigenvalue weighted by Crippen LogP contribution is -2.33. The highest BCUT2D eigenvalue weighted by molar-refractivity contribution is 7.89. The minimum Gasteiger partial charge on any atom is -0.316 e. The second-order valence-corrected chi connectivity index (χ2v) is 5.78. The van der Waals surface area contributed by atoms with Crippen LogP contribution in [0.3, 0.4) is 0 Å². The van der Waals surface area contributed by atoms with Gasteiger partial charge in [-0.2, -0.15) is 9.40 Å². The third-order valence-electron chi connectivity index (χ3n) is 2.45. The van der Waals surface area contributed by atoms with Crippen molar-refractivity contribution in [3.05, 3.63) is 24.4 Å². The first kappa shape index (κ1) is 14.9. The van der Waals surface area contributed by atoms with Crippen molar-refractivity contribution in [2.75, 3.05) is 20.1 Å². The number of hydrogen-bond acceptors (Lipinski definition) is 4. The highest BCUT2D eigenvalue weighted by Gasteiger charge is 2.27. The van der Waals surface area contributed by atoms with Crippen LogP contribution in [-0.2, 0) is 16.6 Å². The molecule has 1 rings (SSSR count). The zero-order chi connectivity index (χ0) is 13.6. The lowest BCUT2D eigenvalue weighted by Gasteiger charge is -2.19. The number of rotatable bonds is 8. The molecule has 6 nitrogen and oxygen atoms in total. The molecule has 1 aromatic heterocycles. The molecule has 0 aromatic carbocycles. The molecule has 0 unspecified atom stereocenters. The fourth-order valence-electron chi connectivity index (χ4n) is 1.67. The molecule has 7 heteroatoms. The van der Waals surface area contributed by atoms with Gasteiger partial charge >= 0.3 is 0 Å². The van der Waals surface area contributed by atoms with E-state index in [1.165, 1.54) is 10.5 Å². The van der Waals surface area contributed by atoms with Crippen LogP contribution >= 0.6 is 0 Å². The van der Waals surface area contributed by atoms with E-state index in [4.69, 9.17) is 0 Å². The molecule has 0 radical (unpaired) electrons. The van der Waals surface area contributed by atoms with Crippen LogP contribution in [0.2, 0.25) is 0 Å². The average Bonchev–Trinajstić information content (AvgIpc) is 2.78. The number of nitrogens with one attached hydrogen (secondary N) is 2. The predicted molar refractivity (Wildman–Crippen MR) is 70.6 cm³/mol. The van der Waals surface area contributed by atoms with E-state index in [-0.39, 0.29) is 5.03 Å². The van der Waals surface area contributed by atoms with Crippen LogP contribution in [0.1, 0.15) is 18.9 Å². The zero-order valence-electron chi connectivity index (χ0n) is 10.8. The van der Waals surface area contributed by atoms with E-state index >= 15 is 0 Å². The highest BCUT2D eigenvalue weighted by Crippen LogP contribution is 2.17. The minimum atomic E-state index is -3.53. The molecule has 102 valence electrons. The second kappa shape index (κ2) is 6.67. The summed E-state index contributed by atoms with van der Waals surface area (Å²) < 4.78 is 26.3. The summed E-state index contributed by atoms with van der Waals surface area (Å²) in [6.07, 6.45) is 3.87. The molecule has 1 heterocycles. The lowest BCUT2D eigenvalue weighted by atomic mass is 10.4. The summed E-state index contributed by atoms with van der Waals surface area (Å²) in [6.45, 7) is 6.75. The molecule has 0 fully saturated rings. The van der Waals surface area contributed by atoms with Crippen molar-refractivity contribution in [1.29, 1.82) is 0 Å². The van der Waals surface area contributed by atoms with Crippen LogP contribution < -0.4 is 5.32 Å². The van der Waals surface area contributed by atoms with Crippen molar-refractivity contribution >= 4 is 10.0 Å². The Bertz CT molecular complexity index is 481. The fraction of sp³-hybridized carbons (Fsp3) is 0.545. The molecule has 1 aromatic rings. The van der Waals surface area contributed by atoms with E-state index < -0.39 is 10.0 Å². The van der Waals surface area contributed by atoms with Crippen LogP contribution in [0.15, 0.2) is 23.9 Å². The monoisotopic (exact) mass is 272 g/mol. The molecule has 0 aliphatic rings. The summed E-state index contributed by atoms with van der Waals surface area (Å²) in [5.41, 5.74) is 0.641. The standard InChI is InChI=1S/C11H20N4O2S/c1-4-6-15(7-5-2)18(16,17)11-10(8-12-3)9-13-14-11/h4,9,12H,1,5-8H2,2-3H3,(H,13,14). The van der Waals surface area contributed by atoms with Gasteiger partial charge in [0.25, 0.3) is 10.0 Å². The van der Waals surface area contributed by atoms with Gasteiger partial charge in [0.05, 0.1) is 6.20 Å². The van der Waals surface area contributed by atoms with Crippen molar-refractivity contribution in [2.45, 2.75) is 24.9 Å². The average molecular weight is 272 g/mol. The Labute approximate surface area is 108 Å². The van der Waals surface area contributed by atoms with Gasteiger partial charge < -0.3 is 5.32 Å². The summed E-state index contributed by atoms with van der Waals surface area (Å²) in [4.78, 5) is 0. The molecule has 0 bridgehead atoms. The first-order valence-corrected chi connectivity index (χ1v) is 7.29. The minimum absolute atomic E-state index is 0.159. The Morgan fingerprint density at radius 1 is 1.61 bits per heavy atom. The third kappa shape index (κ3) is 3.18. The Hall–Kier alpha value is -1.18. The molecule has 0 amide bonds. The maximum Gasteiger partial charge on any atom is 0.260 e. The summed E-state index contributed by atoms with van der Waals surface area (Å²) in [7, 11) is -1.77. The molecule has 0 saturated heterocycles. The molecule has 0 saturated carbocycles. The van der Waals surface area contributed by atoms with E-state index in [1.807, 2.05) is 6.92 Å². The topological polar surface area (TPSA) is 78.1 Å². The first-order valence-electron chi connectivity index (χ1n) is 5.85. The van der Waals surface area contributed by atoms with Crippen molar-refractivity contribution in [3.8, 4) is 0 Å². The quantitative estimate of drug-likeness (QED) is 0.683. The molecule has 0 atom stereocenters. The second-order valence-electron chi connectivity index (χ2n) is 3.91. The lowest BCUT2D eigenvalue weighted by molar-refractivity contribution is 0.438. The zero-order valence-corrected chi connectivity index (χ0v) is 11.6. The number of hydrogen-bond donors (Lipinski definition) is 2. The number of aromatic amines is 1. The number of aromatic nitrogens is 2. The SMILES string of the molecule is C=CCN(CCC)S(=O)(=O)c1[nH]ncc1CNC. The van der Waals surface area contributed by atoms with Crippen LogP contribution in [0.5, 0.6) is 0 Å². The van der Waals surface area contributed by atoms with Crippen LogP contribution in [0, 0.1) is 0 Å². The summed E-state index contributed by atoms with van der Waals surface area (Å²) in [5, 5.41) is 9.47. The van der Waals surface area contributed by atoms with E-state index in [0.29, 0.717) is 25.2 Å². The first-order chi connectivity index (χ1) is 8.57. The van der Waals surface area contributed by atoms with E-state index in [9.17, 15) is 8.42 Å². The molecular weight excluding hydrogens is 252 g/mol. The van der Waals surface area contributed by atoms with E-state index in [2.05, 4.69) is 22.1 Å². The van der Waals surface area contributed by atoms with Crippen molar-refractivity contribution in [1.82, 2.24) is 19.8 Å². The van der Waals surface area contributed by atoms with Crippen molar-refractivity contribution in [3.63, 3.8) is 0 Å². The third-order valence-corrected chi connectivity index (χ3v) is 4.33. The molecule has 18 heavy (non-hydrogen) atoms. The Morgan fingerprint density at radius 3 is 2.89 bits per heavy atom. The Morgan fingerprint density at radius 2 is 2.33 bits per heavy atom. The summed E-state index contributed by atoms with van der Waals surface area (Å²) in [5.74, 6) is 0. The van der Waals surface area contributed by atoms with Gasteiger partial charge in [-0.3, -0.25) is 5.10 Å². The maximum atomic E-state index is 12.4. The van der Waals surface area contributed by atoms with Crippen molar-refractivity contribution in [2.24, 2.45) is 0 Å². The normalized spacial score (nSPS) is 11.9. The Balaban J connectivity index is 3.09. The summed E-state index contributed by atoms with van der Waals surface area (Å²) >= 11 is 0. The number of H-pyrrole nitrogens is 1. The van der Waals surface area contributed by atoms with E-state index in [1.54, 1.807) is 13.1 Å². The van der Waals surface area contributed by atoms with E-state index in [0.717, 1.165) is 6.42 Å². The van der Waals surface area contributed by atoms with Gasteiger partial charge in [0.2, 0.25) is 0 Å². The van der Waals surface area contributed by atoms with Gasteiger partial charge in [-0.05, 0) is 13.5 Å². The van der Waals surface area contributed by atoms with Gasteiger partial charge in [-0.25, -0.2) is 8.42 Å². The number of nitrogens with zero attached hydrogens (tertiary/aromatic N) is 2. The number of sulfonamides is 1. The van der Waals surface area contributed by atoms with Crippen LogP contribution in [0.25, 0.3) is 0 Å². The summed E-state index contributed by atoms with van der Waals surface area (Å²) in [6, 6.07) is 0. The molecule has 0 spiro atoms. The molecule has 0 aliphatic carbocycles. The van der Waals surface area contributed by atoms with Gasteiger partial charge in [0, 0.05) is 25.2 Å². The van der Waals surface area contributed by atoms with Crippen molar-refractivity contribution < 1.29 is 8.42 Å². The fourth-order valence-corrected chi connectivity index (χ4v) is 3.28. The van der Waals surface area contributed by atoms with Crippen LogP contribution in [0.4, 0.5) is 0 Å². The maximum absolute atomic E-state index is 12.4. The molecule has 2 N–H and O–H groups in total. The smallest absolute Gasteiger partial charge is 0.260 e. The van der Waals surface area contributed by atoms with Gasteiger partial charge in [-0.15, -0.1) is 6.58 Å². The molecule has 0 aliphatic heterocycles. The van der Waals surface area contributed by atoms with Gasteiger partial charge in [0.15, 0.2) is 5.03 Å².